The van der Waals surface area contributed by atoms with E-state index in [2.05, 4.69) is 29.4 Å². The van der Waals surface area contributed by atoms with Crippen LogP contribution in [0.15, 0.2) is 34.7 Å². The topological polar surface area (TPSA) is 37.3 Å². The summed E-state index contributed by atoms with van der Waals surface area (Å²) in [5.41, 5.74) is 6.16. The Hall–Kier alpha value is -1.39. The lowest BCUT2D eigenvalue weighted by Crippen LogP contribution is -1.98. The first-order valence-electron chi connectivity index (χ1n) is 6.25. The molecule has 19 heavy (non-hydrogen) atoms. The van der Waals surface area contributed by atoms with Gasteiger partial charge < -0.3 is 0 Å². The molecule has 0 aliphatic carbocycles. The first kappa shape index (κ1) is 14.0. The lowest BCUT2D eigenvalue weighted by Gasteiger charge is -1.99. The zero-order valence-corrected chi connectivity index (χ0v) is 12.6. The number of thiazole rings is 1. The van der Waals surface area contributed by atoms with Crippen LogP contribution in [0.25, 0.3) is 11.3 Å². The summed E-state index contributed by atoms with van der Waals surface area (Å²) >= 11 is 7.42. The highest BCUT2D eigenvalue weighted by atomic mass is 35.5. The molecule has 0 fully saturated rings. The molecule has 0 bridgehead atoms. The third-order valence-electron chi connectivity index (χ3n) is 2.77. The maximum atomic E-state index is 5.87. The summed E-state index contributed by atoms with van der Waals surface area (Å²) in [5.74, 6) is 0. The second-order valence-corrected chi connectivity index (χ2v) is 5.34. The van der Waals surface area contributed by atoms with E-state index in [1.54, 1.807) is 11.3 Å². The summed E-state index contributed by atoms with van der Waals surface area (Å²) in [4.78, 5) is 4.51. The molecule has 1 heterocycles. The number of nitrogens with zero attached hydrogens (tertiary/aromatic N) is 2. The average Bonchev–Trinajstić information content (AvgIpc) is 2.89. The second kappa shape index (κ2) is 6.68. The van der Waals surface area contributed by atoms with Gasteiger partial charge in [-0.15, -0.1) is 11.3 Å². The van der Waals surface area contributed by atoms with Gasteiger partial charge in [0.1, 0.15) is 0 Å². The van der Waals surface area contributed by atoms with Crippen molar-refractivity contribution in [1.29, 1.82) is 0 Å². The van der Waals surface area contributed by atoms with Crippen molar-refractivity contribution in [2.45, 2.75) is 26.7 Å². The standard InChI is InChI=1S/C14H16ClN3S/c1-3-12(4-2)17-18-14-16-13(9-19-14)10-5-7-11(15)8-6-10/h5-9H,3-4H2,1-2H3,(H,16,18). The summed E-state index contributed by atoms with van der Waals surface area (Å²) < 4.78 is 0. The van der Waals surface area contributed by atoms with Gasteiger partial charge in [0, 0.05) is 21.7 Å². The van der Waals surface area contributed by atoms with E-state index in [0.29, 0.717) is 0 Å². The van der Waals surface area contributed by atoms with Crippen LogP contribution in [0, 0.1) is 0 Å². The molecule has 1 aromatic heterocycles. The largest absolute Gasteiger partial charge is 0.253 e. The average molecular weight is 294 g/mol. The van der Waals surface area contributed by atoms with Crippen molar-refractivity contribution < 1.29 is 0 Å². The Morgan fingerprint density at radius 2 is 1.95 bits per heavy atom. The highest BCUT2D eigenvalue weighted by Gasteiger charge is 2.04. The maximum absolute atomic E-state index is 5.87. The number of rotatable bonds is 5. The number of nitrogens with one attached hydrogen (secondary N) is 1. The summed E-state index contributed by atoms with van der Waals surface area (Å²) in [7, 11) is 0. The van der Waals surface area contributed by atoms with E-state index in [1.165, 1.54) is 0 Å². The zero-order valence-electron chi connectivity index (χ0n) is 11.0. The minimum atomic E-state index is 0.734. The molecule has 5 heteroatoms. The second-order valence-electron chi connectivity index (χ2n) is 4.04. The van der Waals surface area contributed by atoms with Gasteiger partial charge in [-0.25, -0.2) is 4.98 Å². The summed E-state index contributed by atoms with van der Waals surface area (Å²) in [6.07, 6.45) is 1.91. The summed E-state index contributed by atoms with van der Waals surface area (Å²) in [6.45, 7) is 4.20. The third kappa shape index (κ3) is 3.78. The van der Waals surface area contributed by atoms with Crippen molar-refractivity contribution in [2.24, 2.45) is 5.10 Å². The lowest BCUT2D eigenvalue weighted by atomic mass is 10.2. The Morgan fingerprint density at radius 3 is 2.58 bits per heavy atom. The van der Waals surface area contributed by atoms with Gasteiger partial charge in [0.05, 0.1) is 5.69 Å². The molecule has 0 aliphatic heterocycles. The molecule has 2 aromatic rings. The predicted molar refractivity (Wildman–Crippen MR) is 84.2 cm³/mol. The summed E-state index contributed by atoms with van der Waals surface area (Å²) in [5, 5.41) is 7.90. The van der Waals surface area contributed by atoms with Crippen LogP contribution >= 0.6 is 22.9 Å². The van der Waals surface area contributed by atoms with Gasteiger partial charge >= 0.3 is 0 Å². The van der Waals surface area contributed by atoms with Crippen LogP contribution in [0.3, 0.4) is 0 Å². The fraction of sp³-hybridized carbons (Fsp3) is 0.286. The molecule has 0 spiro atoms. The minimum Gasteiger partial charge on any atom is -0.253 e. The van der Waals surface area contributed by atoms with Gasteiger partial charge in [-0.05, 0) is 25.0 Å². The van der Waals surface area contributed by atoms with Crippen molar-refractivity contribution in [1.82, 2.24) is 4.98 Å². The molecule has 1 N–H and O–H groups in total. The summed E-state index contributed by atoms with van der Waals surface area (Å²) in [6, 6.07) is 7.67. The van der Waals surface area contributed by atoms with Crippen LogP contribution in [0.4, 0.5) is 5.13 Å². The first-order chi connectivity index (χ1) is 9.22. The van der Waals surface area contributed by atoms with E-state index >= 15 is 0 Å². The fourth-order valence-corrected chi connectivity index (χ4v) is 2.40. The SMILES string of the molecule is CCC(CC)=NNc1nc(-c2ccc(Cl)cc2)cs1. The molecule has 1 aromatic carbocycles. The van der Waals surface area contributed by atoms with E-state index < -0.39 is 0 Å². The fourth-order valence-electron chi connectivity index (χ4n) is 1.61. The Balaban J connectivity index is 2.11. The Kier molecular flexibility index (Phi) is 4.93. The van der Waals surface area contributed by atoms with E-state index in [-0.39, 0.29) is 0 Å². The number of benzene rings is 1. The molecule has 3 nitrogen and oxygen atoms in total. The third-order valence-corrected chi connectivity index (χ3v) is 3.77. The number of anilines is 1. The normalized spacial score (nSPS) is 10.3. The first-order valence-corrected chi connectivity index (χ1v) is 7.51. The Labute approximate surface area is 122 Å². The molecule has 0 unspecified atom stereocenters. The van der Waals surface area contributed by atoms with Gasteiger partial charge in [0.15, 0.2) is 0 Å². The van der Waals surface area contributed by atoms with Gasteiger partial charge in [-0.3, -0.25) is 5.43 Å². The molecule has 0 saturated heterocycles. The molecular formula is C14H16ClN3S. The van der Waals surface area contributed by atoms with Crippen LogP contribution in [0.2, 0.25) is 5.02 Å². The van der Waals surface area contributed by atoms with Crippen molar-refractivity contribution in [2.75, 3.05) is 5.43 Å². The quantitative estimate of drug-likeness (QED) is 0.618. The van der Waals surface area contributed by atoms with Crippen LogP contribution in [0.1, 0.15) is 26.7 Å². The highest BCUT2D eigenvalue weighted by molar-refractivity contribution is 7.14. The van der Waals surface area contributed by atoms with Gasteiger partial charge in [0.25, 0.3) is 0 Å². The highest BCUT2D eigenvalue weighted by Crippen LogP contribution is 2.25. The van der Waals surface area contributed by atoms with E-state index in [4.69, 9.17) is 11.6 Å². The van der Waals surface area contributed by atoms with Crippen molar-refractivity contribution >= 4 is 33.8 Å². The molecule has 100 valence electrons. The van der Waals surface area contributed by atoms with Crippen molar-refractivity contribution in [3.8, 4) is 11.3 Å². The number of halogens is 1. The molecule has 0 amide bonds. The Bertz CT molecular complexity index is 554. The van der Waals surface area contributed by atoms with Crippen LogP contribution < -0.4 is 5.43 Å². The smallest absolute Gasteiger partial charge is 0.203 e. The van der Waals surface area contributed by atoms with Gasteiger partial charge in [-0.1, -0.05) is 37.6 Å². The Morgan fingerprint density at radius 1 is 1.26 bits per heavy atom. The molecule has 0 atom stereocenters. The number of hydrogen-bond donors (Lipinski definition) is 1. The minimum absolute atomic E-state index is 0.734. The van der Waals surface area contributed by atoms with Crippen LogP contribution in [-0.2, 0) is 0 Å². The van der Waals surface area contributed by atoms with E-state index in [1.807, 2.05) is 29.6 Å². The number of aromatic nitrogens is 1. The molecule has 2 rings (SSSR count). The number of hydrogen-bond acceptors (Lipinski definition) is 4. The maximum Gasteiger partial charge on any atom is 0.203 e. The van der Waals surface area contributed by atoms with Gasteiger partial charge in [-0.2, -0.15) is 5.10 Å². The molecule has 0 aliphatic rings. The van der Waals surface area contributed by atoms with E-state index in [9.17, 15) is 0 Å². The van der Waals surface area contributed by atoms with Crippen LogP contribution in [0.5, 0.6) is 0 Å². The monoisotopic (exact) mass is 293 g/mol. The van der Waals surface area contributed by atoms with Gasteiger partial charge in [0.2, 0.25) is 5.13 Å². The van der Waals surface area contributed by atoms with Crippen LogP contribution in [-0.4, -0.2) is 10.7 Å². The predicted octanol–water partition coefficient (Wildman–Crippen LogP) is 5.05. The molecule has 0 saturated carbocycles. The lowest BCUT2D eigenvalue weighted by molar-refractivity contribution is 1.12. The molecule has 0 radical (unpaired) electrons. The van der Waals surface area contributed by atoms with Crippen molar-refractivity contribution in [3.63, 3.8) is 0 Å². The van der Waals surface area contributed by atoms with Crippen molar-refractivity contribution in [3.05, 3.63) is 34.7 Å². The van der Waals surface area contributed by atoms with E-state index in [0.717, 1.165) is 40.0 Å². The molecular weight excluding hydrogens is 278 g/mol. The zero-order chi connectivity index (χ0) is 13.7. The number of hydrazone groups is 1.